The number of nitrogens with one attached hydrogen (secondary N) is 1. The van der Waals surface area contributed by atoms with Crippen LogP contribution in [0.25, 0.3) is 5.69 Å². The summed E-state index contributed by atoms with van der Waals surface area (Å²) in [6.45, 7) is 0.392. The van der Waals surface area contributed by atoms with E-state index in [0.29, 0.717) is 12.3 Å². The van der Waals surface area contributed by atoms with Crippen LogP contribution in [-0.4, -0.2) is 9.49 Å². The molecule has 0 saturated heterocycles. The Balaban J connectivity index is 1.70. The summed E-state index contributed by atoms with van der Waals surface area (Å²) in [4.78, 5) is 10.0. The second-order valence-electron chi connectivity index (χ2n) is 4.49. The number of furan rings is 1. The molecular formula is C15H13N3O3. The van der Waals surface area contributed by atoms with Crippen LogP contribution in [-0.2, 0) is 6.54 Å². The fraction of sp³-hybridized carbons (Fsp3) is 0.0667. The van der Waals surface area contributed by atoms with Gasteiger partial charge in [-0.05, 0) is 36.4 Å². The van der Waals surface area contributed by atoms with Crippen molar-refractivity contribution in [2.24, 2.45) is 0 Å². The van der Waals surface area contributed by atoms with Crippen molar-refractivity contribution in [3.63, 3.8) is 0 Å². The lowest BCUT2D eigenvalue weighted by Gasteiger charge is -2.08. The molecule has 0 amide bonds. The lowest BCUT2D eigenvalue weighted by molar-refractivity contribution is -0.402. The van der Waals surface area contributed by atoms with Crippen LogP contribution >= 0.6 is 0 Å². The Labute approximate surface area is 120 Å². The van der Waals surface area contributed by atoms with Gasteiger partial charge < -0.3 is 14.3 Å². The smallest absolute Gasteiger partial charge is 0.404 e. The maximum absolute atomic E-state index is 10.6. The number of aromatic nitrogens is 1. The fourth-order valence-corrected chi connectivity index (χ4v) is 2.03. The number of benzene rings is 1. The van der Waals surface area contributed by atoms with Crippen molar-refractivity contribution in [1.82, 2.24) is 4.57 Å². The molecule has 3 aromatic rings. The molecule has 0 aliphatic rings. The summed E-state index contributed by atoms with van der Waals surface area (Å²) in [5.41, 5.74) is 1.95. The molecule has 0 saturated carbocycles. The van der Waals surface area contributed by atoms with Gasteiger partial charge in [-0.2, -0.15) is 0 Å². The van der Waals surface area contributed by atoms with Crippen molar-refractivity contribution >= 4 is 11.6 Å². The molecule has 6 nitrogen and oxygen atoms in total. The number of nitrogens with zero attached hydrogens (tertiary/aromatic N) is 2. The van der Waals surface area contributed by atoms with E-state index < -0.39 is 4.92 Å². The minimum Gasteiger partial charge on any atom is -0.404 e. The second-order valence-corrected chi connectivity index (χ2v) is 4.49. The summed E-state index contributed by atoms with van der Waals surface area (Å²) in [6, 6.07) is 14.8. The lowest BCUT2D eigenvalue weighted by Crippen LogP contribution is -1.99. The molecule has 2 aromatic heterocycles. The average molecular weight is 283 g/mol. The van der Waals surface area contributed by atoms with Crippen LogP contribution in [0.4, 0.5) is 11.6 Å². The molecule has 3 rings (SSSR count). The van der Waals surface area contributed by atoms with Gasteiger partial charge in [0.1, 0.15) is 10.7 Å². The van der Waals surface area contributed by atoms with Crippen molar-refractivity contribution in [2.45, 2.75) is 6.54 Å². The molecule has 0 bridgehead atoms. The quantitative estimate of drug-likeness (QED) is 0.573. The van der Waals surface area contributed by atoms with Crippen LogP contribution in [0.1, 0.15) is 5.76 Å². The van der Waals surface area contributed by atoms with Crippen molar-refractivity contribution in [3.05, 3.63) is 76.8 Å². The van der Waals surface area contributed by atoms with Crippen molar-refractivity contribution < 1.29 is 9.34 Å². The zero-order valence-electron chi connectivity index (χ0n) is 11.1. The Morgan fingerprint density at radius 1 is 1.14 bits per heavy atom. The first-order valence-electron chi connectivity index (χ1n) is 6.43. The minimum atomic E-state index is -0.545. The summed E-state index contributed by atoms with van der Waals surface area (Å²) in [5.74, 6) is 0.279. The van der Waals surface area contributed by atoms with Gasteiger partial charge in [0.05, 0.1) is 12.6 Å². The predicted molar refractivity (Wildman–Crippen MR) is 78.5 cm³/mol. The van der Waals surface area contributed by atoms with Gasteiger partial charge in [0, 0.05) is 23.8 Å². The van der Waals surface area contributed by atoms with Gasteiger partial charge in [-0.15, -0.1) is 0 Å². The molecule has 1 N–H and O–H groups in total. The zero-order chi connectivity index (χ0) is 14.7. The minimum absolute atomic E-state index is 0.243. The average Bonchev–Trinajstić information content (AvgIpc) is 3.17. The van der Waals surface area contributed by atoms with Gasteiger partial charge in [-0.25, -0.2) is 0 Å². The Bertz CT molecular complexity index is 747. The third kappa shape index (κ3) is 2.94. The first-order chi connectivity index (χ1) is 10.2. The van der Waals surface area contributed by atoms with Crippen LogP contribution < -0.4 is 5.32 Å². The Morgan fingerprint density at radius 2 is 1.95 bits per heavy atom. The number of hydrogen-bond acceptors (Lipinski definition) is 4. The van der Waals surface area contributed by atoms with E-state index in [1.165, 1.54) is 6.07 Å². The van der Waals surface area contributed by atoms with E-state index >= 15 is 0 Å². The van der Waals surface area contributed by atoms with E-state index in [1.54, 1.807) is 6.07 Å². The van der Waals surface area contributed by atoms with E-state index in [2.05, 4.69) is 5.32 Å². The van der Waals surface area contributed by atoms with Crippen molar-refractivity contribution in [3.8, 4) is 5.69 Å². The molecule has 6 heteroatoms. The third-order valence-corrected chi connectivity index (χ3v) is 3.04. The standard InChI is InChI=1S/C15H13N3O3/c19-18(20)15-7-6-14(21-15)11-16-12-4-3-5-13(10-12)17-8-1-2-9-17/h1-10,16H,11H2. The molecule has 0 radical (unpaired) electrons. The van der Waals surface area contributed by atoms with E-state index in [1.807, 2.05) is 53.4 Å². The summed E-state index contributed by atoms with van der Waals surface area (Å²) in [5, 5.41) is 13.7. The normalized spacial score (nSPS) is 10.5. The molecule has 0 fully saturated rings. The number of hydrogen-bond donors (Lipinski definition) is 1. The van der Waals surface area contributed by atoms with Crippen LogP contribution in [0.2, 0.25) is 0 Å². The Kier molecular flexibility index (Phi) is 3.42. The van der Waals surface area contributed by atoms with Gasteiger partial charge in [0.15, 0.2) is 0 Å². The number of anilines is 1. The van der Waals surface area contributed by atoms with Crippen molar-refractivity contribution in [2.75, 3.05) is 5.32 Å². The van der Waals surface area contributed by atoms with E-state index in [0.717, 1.165) is 11.4 Å². The topological polar surface area (TPSA) is 73.2 Å². The molecule has 106 valence electrons. The summed E-state index contributed by atoms with van der Waals surface area (Å²) >= 11 is 0. The van der Waals surface area contributed by atoms with Crippen molar-refractivity contribution in [1.29, 1.82) is 0 Å². The molecular weight excluding hydrogens is 270 g/mol. The van der Waals surface area contributed by atoms with Crippen LogP contribution in [0.3, 0.4) is 0 Å². The Morgan fingerprint density at radius 3 is 2.67 bits per heavy atom. The second kappa shape index (κ2) is 5.54. The monoisotopic (exact) mass is 283 g/mol. The van der Waals surface area contributed by atoms with Gasteiger partial charge in [-0.1, -0.05) is 6.07 Å². The number of rotatable bonds is 5. The highest BCUT2D eigenvalue weighted by atomic mass is 16.6. The first kappa shape index (κ1) is 13.0. The summed E-state index contributed by atoms with van der Waals surface area (Å²) in [7, 11) is 0. The predicted octanol–water partition coefficient (Wildman–Crippen LogP) is 3.59. The highest BCUT2D eigenvalue weighted by Gasteiger charge is 2.11. The largest absolute Gasteiger partial charge is 0.433 e. The zero-order valence-corrected chi connectivity index (χ0v) is 11.1. The summed E-state index contributed by atoms with van der Waals surface area (Å²) < 4.78 is 7.11. The molecule has 0 spiro atoms. The van der Waals surface area contributed by atoms with Crippen LogP contribution in [0.5, 0.6) is 0 Å². The maximum Gasteiger partial charge on any atom is 0.433 e. The molecule has 2 heterocycles. The Hall–Kier alpha value is -3.02. The van der Waals surface area contributed by atoms with Gasteiger partial charge >= 0.3 is 5.88 Å². The SMILES string of the molecule is O=[N+]([O-])c1ccc(CNc2cccc(-n3cccc3)c2)o1. The fourth-order valence-electron chi connectivity index (χ4n) is 2.03. The van der Waals surface area contributed by atoms with Gasteiger partial charge in [0.2, 0.25) is 0 Å². The highest BCUT2D eigenvalue weighted by molar-refractivity contribution is 5.51. The maximum atomic E-state index is 10.6. The summed E-state index contributed by atoms with van der Waals surface area (Å²) in [6.07, 6.45) is 3.93. The van der Waals surface area contributed by atoms with Crippen LogP contribution in [0.15, 0.2) is 65.3 Å². The highest BCUT2D eigenvalue weighted by Crippen LogP contribution is 2.19. The lowest BCUT2D eigenvalue weighted by atomic mass is 10.2. The van der Waals surface area contributed by atoms with E-state index in [9.17, 15) is 10.1 Å². The van der Waals surface area contributed by atoms with Gasteiger partial charge in [-0.3, -0.25) is 10.1 Å². The molecule has 21 heavy (non-hydrogen) atoms. The molecule has 0 atom stereocenters. The number of nitro groups is 1. The molecule has 0 aliphatic carbocycles. The molecule has 0 unspecified atom stereocenters. The van der Waals surface area contributed by atoms with Crippen LogP contribution in [0, 0.1) is 10.1 Å². The van der Waals surface area contributed by atoms with E-state index in [4.69, 9.17) is 4.42 Å². The first-order valence-corrected chi connectivity index (χ1v) is 6.43. The van der Waals surface area contributed by atoms with E-state index in [-0.39, 0.29) is 5.88 Å². The van der Waals surface area contributed by atoms with Gasteiger partial charge in [0.25, 0.3) is 0 Å². The molecule has 1 aromatic carbocycles. The molecule has 0 aliphatic heterocycles. The third-order valence-electron chi connectivity index (χ3n) is 3.04.